The lowest BCUT2D eigenvalue weighted by atomic mass is 9.97. The molecular formula is C19H22N4O2. The maximum atomic E-state index is 12.6. The van der Waals surface area contributed by atoms with Crippen molar-refractivity contribution in [1.82, 2.24) is 19.1 Å². The number of ketones is 1. The molecule has 0 N–H and O–H groups in total. The van der Waals surface area contributed by atoms with E-state index in [0.717, 1.165) is 11.1 Å². The summed E-state index contributed by atoms with van der Waals surface area (Å²) in [4.78, 5) is 32.9. The van der Waals surface area contributed by atoms with E-state index in [1.807, 2.05) is 12.1 Å². The van der Waals surface area contributed by atoms with Gasteiger partial charge in [0, 0.05) is 37.1 Å². The molecule has 0 radical (unpaired) electrons. The van der Waals surface area contributed by atoms with Crippen LogP contribution in [0.3, 0.4) is 0 Å². The molecule has 0 unspecified atom stereocenters. The molecule has 3 aromatic rings. The van der Waals surface area contributed by atoms with Crippen molar-refractivity contribution in [3.8, 4) is 11.3 Å². The van der Waals surface area contributed by atoms with E-state index in [9.17, 15) is 9.59 Å². The van der Waals surface area contributed by atoms with Gasteiger partial charge in [0.05, 0.1) is 11.2 Å². The summed E-state index contributed by atoms with van der Waals surface area (Å²) in [6.07, 6.45) is 3.21. The molecule has 6 heteroatoms. The molecule has 0 atom stereocenters. The number of imidazole rings is 1. The van der Waals surface area contributed by atoms with Gasteiger partial charge in [0.2, 0.25) is 0 Å². The first-order valence-corrected chi connectivity index (χ1v) is 8.20. The van der Waals surface area contributed by atoms with Gasteiger partial charge >= 0.3 is 5.69 Å². The number of Topliss-reactive ketones (excluding diaryl/α,β-unsaturated/α-hetero) is 1. The van der Waals surface area contributed by atoms with E-state index in [0.29, 0.717) is 23.4 Å². The van der Waals surface area contributed by atoms with E-state index in [1.54, 1.807) is 34.6 Å². The third kappa shape index (κ3) is 3.24. The van der Waals surface area contributed by atoms with Crippen LogP contribution in [0.1, 0.15) is 38.1 Å². The Morgan fingerprint density at radius 3 is 2.56 bits per heavy atom. The van der Waals surface area contributed by atoms with Gasteiger partial charge in [-0.1, -0.05) is 20.8 Å². The van der Waals surface area contributed by atoms with E-state index in [1.165, 1.54) is 6.92 Å². The summed E-state index contributed by atoms with van der Waals surface area (Å²) < 4.78 is 3.32. The standard InChI is InChI=1S/C19H22N4O2/c1-12(24)13-8-14(10-20-9-13)15-6-7-16-17(21-15)22(5)18(25)23(16)11-19(2,3)4/h6-10H,11H2,1-5H3. The van der Waals surface area contributed by atoms with Gasteiger partial charge in [-0.15, -0.1) is 0 Å². The van der Waals surface area contributed by atoms with E-state index in [-0.39, 0.29) is 16.9 Å². The Morgan fingerprint density at radius 2 is 1.92 bits per heavy atom. The molecule has 3 heterocycles. The van der Waals surface area contributed by atoms with Crippen LogP contribution >= 0.6 is 0 Å². The number of carbonyl (C=O) groups is 1. The van der Waals surface area contributed by atoms with Crippen molar-refractivity contribution in [2.75, 3.05) is 0 Å². The number of hydrogen-bond donors (Lipinski definition) is 0. The van der Waals surface area contributed by atoms with Crippen LogP contribution in [0.4, 0.5) is 0 Å². The van der Waals surface area contributed by atoms with Crippen molar-refractivity contribution in [3.63, 3.8) is 0 Å². The van der Waals surface area contributed by atoms with Crippen LogP contribution in [0.2, 0.25) is 0 Å². The van der Waals surface area contributed by atoms with Crippen molar-refractivity contribution in [1.29, 1.82) is 0 Å². The fourth-order valence-electron chi connectivity index (χ4n) is 2.83. The van der Waals surface area contributed by atoms with Crippen LogP contribution in [-0.2, 0) is 13.6 Å². The lowest BCUT2D eigenvalue weighted by Crippen LogP contribution is -2.27. The van der Waals surface area contributed by atoms with Gasteiger partial charge in [-0.3, -0.25) is 18.9 Å². The summed E-state index contributed by atoms with van der Waals surface area (Å²) in [6, 6.07) is 5.54. The first-order chi connectivity index (χ1) is 11.7. The number of fused-ring (bicyclic) bond motifs is 1. The predicted molar refractivity (Wildman–Crippen MR) is 97.7 cm³/mol. The molecule has 3 rings (SSSR count). The third-order valence-electron chi connectivity index (χ3n) is 4.05. The fourth-order valence-corrected chi connectivity index (χ4v) is 2.83. The minimum atomic E-state index is -0.0785. The molecule has 0 fully saturated rings. The Bertz CT molecular complexity index is 1020. The van der Waals surface area contributed by atoms with Crippen molar-refractivity contribution >= 4 is 16.9 Å². The van der Waals surface area contributed by atoms with Crippen LogP contribution in [0.15, 0.2) is 35.4 Å². The molecule has 25 heavy (non-hydrogen) atoms. The molecule has 3 aromatic heterocycles. The van der Waals surface area contributed by atoms with Gasteiger partial charge in [0.15, 0.2) is 11.4 Å². The lowest BCUT2D eigenvalue weighted by molar-refractivity contribution is 0.101. The zero-order chi connectivity index (χ0) is 18.4. The quantitative estimate of drug-likeness (QED) is 0.688. The molecular weight excluding hydrogens is 316 g/mol. The SMILES string of the molecule is CC(=O)c1cncc(-c2ccc3c(n2)n(C)c(=O)n3CC(C)(C)C)c1. The Balaban J connectivity index is 2.16. The monoisotopic (exact) mass is 338 g/mol. The Morgan fingerprint density at radius 1 is 1.20 bits per heavy atom. The summed E-state index contributed by atoms with van der Waals surface area (Å²) in [5, 5.41) is 0. The molecule has 130 valence electrons. The van der Waals surface area contributed by atoms with E-state index in [2.05, 4.69) is 30.7 Å². The molecule has 0 saturated heterocycles. The zero-order valence-corrected chi connectivity index (χ0v) is 15.2. The van der Waals surface area contributed by atoms with E-state index in [4.69, 9.17) is 0 Å². The molecule has 0 aromatic carbocycles. The summed E-state index contributed by atoms with van der Waals surface area (Å²) >= 11 is 0. The highest BCUT2D eigenvalue weighted by Crippen LogP contribution is 2.23. The fraction of sp³-hybridized carbons (Fsp3) is 0.368. The van der Waals surface area contributed by atoms with Crippen LogP contribution < -0.4 is 5.69 Å². The maximum Gasteiger partial charge on any atom is 0.330 e. The number of rotatable bonds is 3. The van der Waals surface area contributed by atoms with Crippen LogP contribution in [0, 0.1) is 5.41 Å². The Labute approximate surface area is 146 Å². The minimum Gasteiger partial charge on any atom is -0.294 e. The van der Waals surface area contributed by atoms with Crippen molar-refractivity contribution in [2.45, 2.75) is 34.2 Å². The van der Waals surface area contributed by atoms with Crippen LogP contribution in [0.5, 0.6) is 0 Å². The molecule has 0 saturated carbocycles. The normalized spacial score (nSPS) is 11.9. The highest BCUT2D eigenvalue weighted by atomic mass is 16.1. The van der Waals surface area contributed by atoms with Gasteiger partial charge in [0.25, 0.3) is 0 Å². The van der Waals surface area contributed by atoms with Gasteiger partial charge in [-0.2, -0.15) is 0 Å². The molecule has 0 bridgehead atoms. The van der Waals surface area contributed by atoms with E-state index >= 15 is 0 Å². The first kappa shape index (κ1) is 17.1. The van der Waals surface area contributed by atoms with Gasteiger partial charge in [0.1, 0.15) is 0 Å². The van der Waals surface area contributed by atoms with Crippen molar-refractivity contribution < 1.29 is 4.79 Å². The zero-order valence-electron chi connectivity index (χ0n) is 15.2. The van der Waals surface area contributed by atoms with Crippen molar-refractivity contribution in [3.05, 3.63) is 46.6 Å². The van der Waals surface area contributed by atoms with Gasteiger partial charge in [-0.25, -0.2) is 9.78 Å². The molecule has 0 aliphatic rings. The van der Waals surface area contributed by atoms with Gasteiger partial charge < -0.3 is 0 Å². The molecule has 0 aliphatic heterocycles. The first-order valence-electron chi connectivity index (χ1n) is 8.20. The molecule has 6 nitrogen and oxygen atoms in total. The topological polar surface area (TPSA) is 69.8 Å². The molecule has 0 amide bonds. The number of pyridine rings is 2. The smallest absolute Gasteiger partial charge is 0.294 e. The van der Waals surface area contributed by atoms with Crippen LogP contribution in [0.25, 0.3) is 22.4 Å². The summed E-state index contributed by atoms with van der Waals surface area (Å²) in [7, 11) is 1.73. The largest absolute Gasteiger partial charge is 0.330 e. The second kappa shape index (κ2) is 5.95. The number of aryl methyl sites for hydroxylation is 1. The second-order valence-electron chi connectivity index (χ2n) is 7.55. The number of hydrogen-bond acceptors (Lipinski definition) is 4. The highest BCUT2D eigenvalue weighted by molar-refractivity contribution is 5.94. The maximum absolute atomic E-state index is 12.6. The highest BCUT2D eigenvalue weighted by Gasteiger charge is 2.19. The van der Waals surface area contributed by atoms with Crippen molar-refractivity contribution in [2.24, 2.45) is 12.5 Å². The molecule has 0 spiro atoms. The number of carbonyl (C=O) groups excluding carboxylic acids is 1. The minimum absolute atomic E-state index is 0.0173. The summed E-state index contributed by atoms with van der Waals surface area (Å²) in [5.41, 5.74) is 3.32. The molecule has 0 aliphatic carbocycles. The number of nitrogens with zero attached hydrogens (tertiary/aromatic N) is 4. The average Bonchev–Trinajstić information content (AvgIpc) is 2.78. The Kier molecular flexibility index (Phi) is 4.06. The number of aromatic nitrogens is 4. The Hall–Kier alpha value is -2.76. The summed E-state index contributed by atoms with van der Waals surface area (Å²) in [5.74, 6) is -0.0424. The average molecular weight is 338 g/mol. The van der Waals surface area contributed by atoms with E-state index < -0.39 is 0 Å². The second-order valence-corrected chi connectivity index (χ2v) is 7.55. The predicted octanol–water partition coefficient (Wildman–Crippen LogP) is 3.05. The van der Waals surface area contributed by atoms with Crippen LogP contribution in [-0.4, -0.2) is 24.9 Å². The lowest BCUT2D eigenvalue weighted by Gasteiger charge is -2.18. The van der Waals surface area contributed by atoms with Gasteiger partial charge in [-0.05, 0) is 30.5 Å². The third-order valence-corrected chi connectivity index (χ3v) is 4.05. The summed E-state index contributed by atoms with van der Waals surface area (Å²) in [6.45, 7) is 8.41.